The first-order chi connectivity index (χ1) is 7.01. The molecule has 0 aromatic heterocycles. The number of hydrogen-bond donors (Lipinski definition) is 1. The van der Waals surface area contributed by atoms with Crippen molar-refractivity contribution in [1.29, 1.82) is 0 Å². The predicted octanol–water partition coefficient (Wildman–Crippen LogP) is 0.0539. The van der Waals surface area contributed by atoms with E-state index < -0.39 is 0 Å². The van der Waals surface area contributed by atoms with Crippen LogP contribution in [0.4, 0.5) is 0 Å². The molecule has 0 aromatic rings. The molecule has 1 fully saturated rings. The molecule has 0 bridgehead atoms. The smallest absolute Gasteiger partial charge is 0.237 e. The summed E-state index contributed by atoms with van der Waals surface area (Å²) >= 11 is 0. The summed E-state index contributed by atoms with van der Waals surface area (Å²) < 4.78 is 0. The molecule has 0 unspecified atom stereocenters. The molecule has 86 valence electrons. The molecule has 1 rings (SSSR count). The standard InChI is InChI=1S/C11H21N3O/c1-4-5-13-6-7-14(8-10(13)15)11(2,3)9-12/h4H,1,5-9,12H2,2-3H3. The Kier molecular flexibility index (Phi) is 3.88. The van der Waals surface area contributed by atoms with Gasteiger partial charge in [0.05, 0.1) is 6.54 Å². The lowest BCUT2D eigenvalue weighted by atomic mass is 10.0. The fraction of sp³-hybridized carbons (Fsp3) is 0.727. The SMILES string of the molecule is C=CCN1CCN(C(C)(C)CN)CC1=O. The van der Waals surface area contributed by atoms with E-state index in [9.17, 15) is 4.79 Å². The van der Waals surface area contributed by atoms with E-state index in [-0.39, 0.29) is 11.4 Å². The number of nitrogens with two attached hydrogens (primary N) is 1. The molecule has 0 radical (unpaired) electrons. The van der Waals surface area contributed by atoms with Crippen molar-refractivity contribution in [3.05, 3.63) is 12.7 Å². The van der Waals surface area contributed by atoms with Crippen molar-refractivity contribution in [3.8, 4) is 0 Å². The van der Waals surface area contributed by atoms with Gasteiger partial charge in [-0.05, 0) is 13.8 Å². The van der Waals surface area contributed by atoms with Gasteiger partial charge in [0.1, 0.15) is 0 Å². The van der Waals surface area contributed by atoms with Crippen molar-refractivity contribution in [3.63, 3.8) is 0 Å². The van der Waals surface area contributed by atoms with E-state index in [0.29, 0.717) is 19.6 Å². The largest absolute Gasteiger partial charge is 0.337 e. The highest BCUT2D eigenvalue weighted by atomic mass is 16.2. The molecule has 0 aliphatic carbocycles. The minimum absolute atomic E-state index is 0.0874. The molecule has 1 aliphatic rings. The zero-order chi connectivity index (χ0) is 11.5. The molecule has 1 amide bonds. The third kappa shape index (κ3) is 2.79. The first-order valence-electron chi connectivity index (χ1n) is 5.35. The van der Waals surface area contributed by atoms with E-state index in [1.165, 1.54) is 0 Å². The van der Waals surface area contributed by atoms with Crippen LogP contribution in [-0.4, -0.2) is 54.0 Å². The highest BCUT2D eigenvalue weighted by Crippen LogP contribution is 2.15. The van der Waals surface area contributed by atoms with Gasteiger partial charge in [-0.15, -0.1) is 6.58 Å². The lowest BCUT2D eigenvalue weighted by Gasteiger charge is -2.42. The Labute approximate surface area is 91.7 Å². The number of carbonyl (C=O) groups excluding carboxylic acids is 1. The Hall–Kier alpha value is -0.870. The summed E-state index contributed by atoms with van der Waals surface area (Å²) in [7, 11) is 0. The predicted molar refractivity (Wildman–Crippen MR) is 61.5 cm³/mol. The zero-order valence-corrected chi connectivity index (χ0v) is 9.70. The fourth-order valence-corrected chi connectivity index (χ4v) is 1.70. The van der Waals surface area contributed by atoms with Crippen LogP contribution in [0.3, 0.4) is 0 Å². The van der Waals surface area contributed by atoms with E-state index in [2.05, 4.69) is 25.3 Å². The lowest BCUT2D eigenvalue weighted by Crippen LogP contribution is -2.59. The summed E-state index contributed by atoms with van der Waals surface area (Å²) in [6.45, 7) is 11.1. The van der Waals surface area contributed by atoms with Crippen LogP contribution in [0.5, 0.6) is 0 Å². The Balaban J connectivity index is 2.58. The fourth-order valence-electron chi connectivity index (χ4n) is 1.70. The van der Waals surface area contributed by atoms with E-state index in [4.69, 9.17) is 5.73 Å². The molecule has 0 aromatic carbocycles. The molecule has 0 spiro atoms. The molecule has 1 aliphatic heterocycles. The molecule has 1 saturated heterocycles. The summed E-state index contributed by atoms with van der Waals surface area (Å²) in [4.78, 5) is 15.7. The van der Waals surface area contributed by atoms with Crippen LogP contribution in [0.2, 0.25) is 0 Å². The van der Waals surface area contributed by atoms with Crippen LogP contribution in [0.1, 0.15) is 13.8 Å². The van der Waals surface area contributed by atoms with Crippen molar-refractivity contribution in [2.75, 3.05) is 32.7 Å². The van der Waals surface area contributed by atoms with Gasteiger partial charge in [0.25, 0.3) is 0 Å². The van der Waals surface area contributed by atoms with Crippen LogP contribution in [-0.2, 0) is 4.79 Å². The van der Waals surface area contributed by atoms with E-state index in [0.717, 1.165) is 13.1 Å². The molecule has 15 heavy (non-hydrogen) atoms. The van der Waals surface area contributed by atoms with Gasteiger partial charge in [-0.2, -0.15) is 0 Å². The Morgan fingerprint density at radius 3 is 2.67 bits per heavy atom. The average Bonchev–Trinajstić information content (AvgIpc) is 2.21. The highest BCUT2D eigenvalue weighted by Gasteiger charge is 2.32. The van der Waals surface area contributed by atoms with Gasteiger partial charge < -0.3 is 10.6 Å². The number of nitrogens with zero attached hydrogens (tertiary/aromatic N) is 2. The van der Waals surface area contributed by atoms with Gasteiger partial charge in [-0.3, -0.25) is 9.69 Å². The van der Waals surface area contributed by atoms with Crippen LogP contribution >= 0.6 is 0 Å². The molecule has 1 heterocycles. The maximum Gasteiger partial charge on any atom is 0.237 e. The number of hydrogen-bond acceptors (Lipinski definition) is 3. The quantitative estimate of drug-likeness (QED) is 0.669. The van der Waals surface area contributed by atoms with Crippen LogP contribution in [0.25, 0.3) is 0 Å². The van der Waals surface area contributed by atoms with Crippen molar-refractivity contribution in [1.82, 2.24) is 9.80 Å². The van der Waals surface area contributed by atoms with Crippen molar-refractivity contribution >= 4 is 5.91 Å². The van der Waals surface area contributed by atoms with E-state index in [1.807, 2.05) is 4.90 Å². The first-order valence-corrected chi connectivity index (χ1v) is 5.35. The Morgan fingerprint density at radius 1 is 1.53 bits per heavy atom. The molecule has 4 heteroatoms. The molecule has 4 nitrogen and oxygen atoms in total. The third-order valence-corrected chi connectivity index (χ3v) is 3.02. The highest BCUT2D eigenvalue weighted by molar-refractivity contribution is 5.79. The number of piperazine rings is 1. The summed E-state index contributed by atoms with van der Waals surface area (Å²) in [5.41, 5.74) is 5.61. The summed E-state index contributed by atoms with van der Waals surface area (Å²) in [5, 5.41) is 0. The minimum Gasteiger partial charge on any atom is -0.337 e. The molecular weight excluding hydrogens is 190 g/mol. The average molecular weight is 211 g/mol. The second kappa shape index (κ2) is 4.77. The zero-order valence-electron chi connectivity index (χ0n) is 9.70. The molecule has 2 N–H and O–H groups in total. The third-order valence-electron chi connectivity index (χ3n) is 3.02. The van der Waals surface area contributed by atoms with E-state index >= 15 is 0 Å². The van der Waals surface area contributed by atoms with Gasteiger partial charge in [-0.1, -0.05) is 6.08 Å². The van der Waals surface area contributed by atoms with E-state index in [1.54, 1.807) is 6.08 Å². The van der Waals surface area contributed by atoms with Gasteiger partial charge in [0.2, 0.25) is 5.91 Å². The summed E-state index contributed by atoms with van der Waals surface area (Å²) in [6, 6.07) is 0. The monoisotopic (exact) mass is 211 g/mol. The number of rotatable bonds is 4. The Bertz CT molecular complexity index is 250. The van der Waals surface area contributed by atoms with Crippen LogP contribution in [0.15, 0.2) is 12.7 Å². The Morgan fingerprint density at radius 2 is 2.20 bits per heavy atom. The topological polar surface area (TPSA) is 49.6 Å². The normalized spacial score (nSPS) is 19.4. The van der Waals surface area contributed by atoms with Crippen LogP contribution in [0, 0.1) is 0 Å². The van der Waals surface area contributed by atoms with Gasteiger partial charge in [0.15, 0.2) is 0 Å². The van der Waals surface area contributed by atoms with Gasteiger partial charge in [-0.25, -0.2) is 0 Å². The van der Waals surface area contributed by atoms with Gasteiger partial charge >= 0.3 is 0 Å². The first kappa shape index (κ1) is 12.2. The second-order valence-electron chi connectivity index (χ2n) is 4.57. The molecule has 0 atom stereocenters. The molecular formula is C11H21N3O. The molecule has 0 saturated carbocycles. The summed E-state index contributed by atoms with van der Waals surface area (Å²) in [6.07, 6.45) is 1.77. The van der Waals surface area contributed by atoms with Crippen LogP contribution < -0.4 is 5.73 Å². The number of amides is 1. The number of carbonyl (C=O) groups is 1. The maximum absolute atomic E-state index is 11.8. The van der Waals surface area contributed by atoms with Gasteiger partial charge in [0, 0.05) is 31.7 Å². The van der Waals surface area contributed by atoms with Crippen molar-refractivity contribution in [2.45, 2.75) is 19.4 Å². The lowest BCUT2D eigenvalue weighted by molar-refractivity contribution is -0.137. The second-order valence-corrected chi connectivity index (χ2v) is 4.57. The van der Waals surface area contributed by atoms with Crippen molar-refractivity contribution in [2.24, 2.45) is 5.73 Å². The maximum atomic E-state index is 11.8. The minimum atomic E-state index is -0.0874. The van der Waals surface area contributed by atoms with Crippen molar-refractivity contribution < 1.29 is 4.79 Å². The summed E-state index contributed by atoms with van der Waals surface area (Å²) in [5.74, 6) is 0.169.